The Morgan fingerprint density at radius 1 is 1.47 bits per heavy atom. The molecule has 0 saturated carbocycles. The highest BCUT2D eigenvalue weighted by atomic mass is 35.5. The molecule has 0 fully saturated rings. The first-order chi connectivity index (χ1) is 8.00. The van der Waals surface area contributed by atoms with E-state index in [2.05, 4.69) is 0 Å². The number of hydrogen-bond donors (Lipinski definition) is 1. The zero-order valence-electron chi connectivity index (χ0n) is 8.83. The van der Waals surface area contributed by atoms with E-state index in [1.54, 1.807) is 19.1 Å². The van der Waals surface area contributed by atoms with Gasteiger partial charge in [-0.25, -0.2) is 9.18 Å². The molecule has 5 heteroatoms. The predicted molar refractivity (Wildman–Crippen MR) is 66.4 cm³/mol. The Bertz CT molecular complexity index is 592. The van der Waals surface area contributed by atoms with Crippen molar-refractivity contribution in [3.05, 3.63) is 45.5 Å². The van der Waals surface area contributed by atoms with Crippen LogP contribution in [-0.4, -0.2) is 11.1 Å². The van der Waals surface area contributed by atoms with Crippen LogP contribution in [0.1, 0.15) is 15.9 Å². The van der Waals surface area contributed by atoms with Crippen LogP contribution >= 0.6 is 22.9 Å². The van der Waals surface area contributed by atoms with Crippen molar-refractivity contribution in [3.8, 4) is 10.4 Å². The van der Waals surface area contributed by atoms with Crippen LogP contribution in [0.15, 0.2) is 24.3 Å². The zero-order valence-corrected chi connectivity index (χ0v) is 10.4. The Morgan fingerprint density at radius 3 is 2.71 bits per heavy atom. The molecule has 0 spiro atoms. The van der Waals surface area contributed by atoms with E-state index in [0.717, 1.165) is 11.3 Å². The number of thiophene rings is 1. The second kappa shape index (κ2) is 4.47. The molecule has 0 saturated heterocycles. The Kier molecular flexibility index (Phi) is 3.17. The molecule has 1 aromatic carbocycles. The van der Waals surface area contributed by atoms with Gasteiger partial charge in [-0.05, 0) is 30.2 Å². The smallest absolute Gasteiger partial charge is 0.338 e. The molecular weight excluding hydrogens is 263 g/mol. The largest absolute Gasteiger partial charge is 0.478 e. The maximum absolute atomic E-state index is 13.1. The van der Waals surface area contributed by atoms with E-state index in [-0.39, 0.29) is 15.7 Å². The lowest BCUT2D eigenvalue weighted by Gasteiger charge is -2.00. The van der Waals surface area contributed by atoms with Gasteiger partial charge < -0.3 is 5.11 Å². The lowest BCUT2D eigenvalue weighted by molar-refractivity contribution is 0.0697. The summed E-state index contributed by atoms with van der Waals surface area (Å²) in [6.45, 7) is 1.67. The van der Waals surface area contributed by atoms with Gasteiger partial charge in [-0.1, -0.05) is 23.7 Å². The number of aromatic carboxylic acids is 1. The van der Waals surface area contributed by atoms with Crippen molar-refractivity contribution in [2.24, 2.45) is 0 Å². The van der Waals surface area contributed by atoms with E-state index in [4.69, 9.17) is 16.7 Å². The van der Waals surface area contributed by atoms with Crippen LogP contribution in [0.3, 0.4) is 0 Å². The summed E-state index contributed by atoms with van der Waals surface area (Å²) in [7, 11) is 0. The van der Waals surface area contributed by atoms with E-state index in [0.29, 0.717) is 16.0 Å². The fourth-order valence-electron chi connectivity index (χ4n) is 1.63. The lowest BCUT2D eigenvalue weighted by atomic mass is 10.1. The average molecular weight is 271 g/mol. The molecule has 17 heavy (non-hydrogen) atoms. The van der Waals surface area contributed by atoms with Crippen LogP contribution in [-0.2, 0) is 0 Å². The standard InChI is InChI=1S/C12H8ClFO2S/c1-6-9(12(15)16)11(13)17-10(6)7-3-2-4-8(14)5-7/h2-5H,1H3,(H,15,16). The van der Waals surface area contributed by atoms with Crippen molar-refractivity contribution in [1.82, 2.24) is 0 Å². The molecule has 1 N–H and O–H groups in total. The van der Waals surface area contributed by atoms with Gasteiger partial charge in [0.25, 0.3) is 0 Å². The Labute approximate surface area is 106 Å². The molecule has 0 radical (unpaired) electrons. The topological polar surface area (TPSA) is 37.3 Å². The highest BCUT2D eigenvalue weighted by Crippen LogP contribution is 2.39. The monoisotopic (exact) mass is 270 g/mol. The minimum Gasteiger partial charge on any atom is -0.478 e. The molecule has 2 aromatic rings. The fraction of sp³-hybridized carbons (Fsp3) is 0.0833. The summed E-state index contributed by atoms with van der Waals surface area (Å²) in [5.74, 6) is -1.42. The number of halogens is 2. The Hall–Kier alpha value is -1.39. The average Bonchev–Trinajstić information content (AvgIpc) is 2.54. The van der Waals surface area contributed by atoms with Crippen LogP contribution < -0.4 is 0 Å². The van der Waals surface area contributed by atoms with Crippen LogP contribution in [0.5, 0.6) is 0 Å². The van der Waals surface area contributed by atoms with Gasteiger partial charge in [0.2, 0.25) is 0 Å². The Balaban J connectivity index is 2.62. The normalized spacial score (nSPS) is 10.5. The molecule has 0 bridgehead atoms. The van der Waals surface area contributed by atoms with E-state index in [9.17, 15) is 9.18 Å². The van der Waals surface area contributed by atoms with Crippen molar-refractivity contribution < 1.29 is 14.3 Å². The quantitative estimate of drug-likeness (QED) is 0.887. The molecule has 0 unspecified atom stereocenters. The lowest BCUT2D eigenvalue weighted by Crippen LogP contribution is -1.97. The molecule has 2 nitrogen and oxygen atoms in total. The highest BCUT2D eigenvalue weighted by molar-refractivity contribution is 7.20. The number of benzene rings is 1. The molecule has 88 valence electrons. The van der Waals surface area contributed by atoms with E-state index < -0.39 is 5.97 Å². The number of hydrogen-bond acceptors (Lipinski definition) is 2. The van der Waals surface area contributed by atoms with Crippen molar-refractivity contribution in [2.75, 3.05) is 0 Å². The SMILES string of the molecule is Cc1c(-c2cccc(F)c2)sc(Cl)c1C(=O)O. The molecular formula is C12H8ClFO2S. The molecule has 0 aliphatic heterocycles. The third-order valence-corrected chi connectivity index (χ3v) is 3.95. The first kappa shape index (κ1) is 12.1. The van der Waals surface area contributed by atoms with Gasteiger partial charge in [0.05, 0.1) is 5.56 Å². The van der Waals surface area contributed by atoms with E-state index in [1.807, 2.05) is 0 Å². The second-order valence-corrected chi connectivity index (χ2v) is 5.14. The van der Waals surface area contributed by atoms with Crippen molar-refractivity contribution >= 4 is 28.9 Å². The van der Waals surface area contributed by atoms with Gasteiger partial charge >= 0.3 is 5.97 Å². The maximum Gasteiger partial charge on any atom is 0.338 e. The molecule has 0 aliphatic rings. The van der Waals surface area contributed by atoms with Gasteiger partial charge in [-0.2, -0.15) is 0 Å². The Morgan fingerprint density at radius 2 is 2.18 bits per heavy atom. The zero-order chi connectivity index (χ0) is 12.6. The summed E-state index contributed by atoms with van der Waals surface area (Å²) in [4.78, 5) is 11.7. The number of carboxylic acid groups (broad SMARTS) is 1. The molecule has 1 heterocycles. The second-order valence-electron chi connectivity index (χ2n) is 3.52. The van der Waals surface area contributed by atoms with Gasteiger partial charge in [0.1, 0.15) is 10.2 Å². The molecule has 0 aliphatic carbocycles. The number of rotatable bonds is 2. The highest BCUT2D eigenvalue weighted by Gasteiger charge is 2.20. The fourth-order valence-corrected chi connectivity index (χ4v) is 3.10. The first-order valence-electron chi connectivity index (χ1n) is 4.79. The van der Waals surface area contributed by atoms with Gasteiger partial charge in [0.15, 0.2) is 0 Å². The van der Waals surface area contributed by atoms with E-state index in [1.165, 1.54) is 12.1 Å². The van der Waals surface area contributed by atoms with Crippen LogP contribution in [0.4, 0.5) is 4.39 Å². The summed E-state index contributed by atoms with van der Waals surface area (Å²) >= 11 is 7.03. The number of carbonyl (C=O) groups is 1. The summed E-state index contributed by atoms with van der Waals surface area (Å²) in [5, 5.41) is 9.01. The molecule has 1 aromatic heterocycles. The maximum atomic E-state index is 13.1. The summed E-state index contributed by atoms with van der Waals surface area (Å²) in [6, 6.07) is 6.01. The summed E-state index contributed by atoms with van der Waals surface area (Å²) in [6.07, 6.45) is 0. The minimum absolute atomic E-state index is 0.0935. The van der Waals surface area contributed by atoms with Crippen molar-refractivity contribution in [3.63, 3.8) is 0 Å². The molecule has 0 amide bonds. The predicted octanol–water partition coefficient (Wildman–Crippen LogP) is 4.21. The first-order valence-corrected chi connectivity index (χ1v) is 5.98. The summed E-state index contributed by atoms with van der Waals surface area (Å²) in [5.41, 5.74) is 1.30. The van der Waals surface area contributed by atoms with Gasteiger partial charge in [-0.3, -0.25) is 0 Å². The van der Waals surface area contributed by atoms with Gasteiger partial charge in [0, 0.05) is 4.88 Å². The third kappa shape index (κ3) is 2.18. The van der Waals surface area contributed by atoms with Crippen LogP contribution in [0.25, 0.3) is 10.4 Å². The minimum atomic E-state index is -1.06. The van der Waals surface area contributed by atoms with Gasteiger partial charge in [-0.15, -0.1) is 11.3 Å². The molecule has 0 atom stereocenters. The third-order valence-electron chi connectivity index (χ3n) is 2.40. The van der Waals surface area contributed by atoms with Crippen LogP contribution in [0, 0.1) is 12.7 Å². The van der Waals surface area contributed by atoms with Crippen molar-refractivity contribution in [1.29, 1.82) is 0 Å². The number of carboxylic acids is 1. The van der Waals surface area contributed by atoms with Crippen molar-refractivity contribution in [2.45, 2.75) is 6.92 Å². The molecule has 2 rings (SSSR count). The van der Waals surface area contributed by atoms with Crippen LogP contribution in [0.2, 0.25) is 4.34 Å². The van der Waals surface area contributed by atoms with E-state index >= 15 is 0 Å². The summed E-state index contributed by atoms with van der Waals surface area (Å²) < 4.78 is 13.3.